The van der Waals surface area contributed by atoms with Crippen LogP contribution in [0.3, 0.4) is 0 Å². The molecular formula is C17H20N4O. The number of nitrogens with zero attached hydrogens (tertiary/aromatic N) is 4. The van der Waals surface area contributed by atoms with Crippen LogP contribution in [0.15, 0.2) is 42.9 Å². The third kappa shape index (κ3) is 2.36. The molecule has 0 radical (unpaired) electrons. The average molecular weight is 296 g/mol. The number of hydrogen-bond donors (Lipinski definition) is 1. The molecule has 4 rings (SSSR count). The molecule has 2 heterocycles. The molecule has 0 saturated carbocycles. The summed E-state index contributed by atoms with van der Waals surface area (Å²) in [5.41, 5.74) is 2.39. The van der Waals surface area contributed by atoms with Crippen LogP contribution in [0.25, 0.3) is 0 Å². The van der Waals surface area contributed by atoms with Crippen molar-refractivity contribution in [2.45, 2.75) is 18.6 Å². The molecule has 1 aromatic heterocycles. The minimum absolute atomic E-state index is 0.210. The van der Waals surface area contributed by atoms with Crippen molar-refractivity contribution in [1.82, 2.24) is 14.9 Å². The average Bonchev–Trinajstić information content (AvgIpc) is 2.93. The Balaban J connectivity index is 1.43. The van der Waals surface area contributed by atoms with Gasteiger partial charge in [0, 0.05) is 44.6 Å². The van der Waals surface area contributed by atoms with Crippen LogP contribution in [-0.2, 0) is 6.42 Å². The lowest BCUT2D eigenvalue weighted by molar-refractivity contribution is 0.0571. The van der Waals surface area contributed by atoms with Gasteiger partial charge in [0.05, 0.1) is 12.3 Å². The molecule has 0 spiro atoms. The maximum absolute atomic E-state index is 10.6. The number of anilines is 1. The van der Waals surface area contributed by atoms with Gasteiger partial charge in [-0.3, -0.25) is 9.88 Å². The molecule has 1 N–H and O–H groups in total. The van der Waals surface area contributed by atoms with Gasteiger partial charge >= 0.3 is 0 Å². The zero-order chi connectivity index (χ0) is 14.9. The van der Waals surface area contributed by atoms with Crippen LogP contribution in [0.5, 0.6) is 0 Å². The molecule has 1 saturated heterocycles. The zero-order valence-electron chi connectivity index (χ0n) is 12.5. The summed E-state index contributed by atoms with van der Waals surface area (Å²) in [5.74, 6) is 0.942. The van der Waals surface area contributed by atoms with Crippen LogP contribution in [0, 0.1) is 0 Å². The van der Waals surface area contributed by atoms with Gasteiger partial charge in [-0.15, -0.1) is 0 Å². The molecule has 114 valence electrons. The minimum Gasteiger partial charge on any atom is -0.387 e. The summed E-state index contributed by atoms with van der Waals surface area (Å²) < 4.78 is 0. The predicted octanol–water partition coefficient (Wildman–Crippen LogP) is 1.26. The molecule has 0 amide bonds. The maximum atomic E-state index is 10.6. The zero-order valence-corrected chi connectivity index (χ0v) is 12.5. The van der Waals surface area contributed by atoms with E-state index in [9.17, 15) is 5.11 Å². The van der Waals surface area contributed by atoms with Crippen LogP contribution < -0.4 is 4.90 Å². The second-order valence-electron chi connectivity index (χ2n) is 6.00. The first kappa shape index (κ1) is 13.7. The molecule has 22 heavy (non-hydrogen) atoms. The smallest absolute Gasteiger partial charge is 0.147 e. The minimum atomic E-state index is -0.362. The number of hydrogen-bond acceptors (Lipinski definition) is 5. The first-order valence-electron chi connectivity index (χ1n) is 7.84. The number of piperazine rings is 1. The highest BCUT2D eigenvalue weighted by atomic mass is 16.3. The first-order chi connectivity index (χ1) is 10.8. The summed E-state index contributed by atoms with van der Waals surface area (Å²) in [6.45, 7) is 3.76. The monoisotopic (exact) mass is 296 g/mol. The lowest BCUT2D eigenvalue weighted by atomic mass is 10.1. The van der Waals surface area contributed by atoms with Gasteiger partial charge in [0.25, 0.3) is 0 Å². The highest BCUT2D eigenvalue weighted by molar-refractivity contribution is 5.37. The SMILES string of the molecule is OC1c2ccccc2CC1N1CCN(c2cnccn2)CC1. The third-order valence-electron chi connectivity index (χ3n) is 4.82. The Labute approximate surface area is 130 Å². The molecule has 2 unspecified atom stereocenters. The summed E-state index contributed by atoms with van der Waals surface area (Å²) in [4.78, 5) is 13.2. The number of benzene rings is 1. The number of rotatable bonds is 2. The van der Waals surface area contributed by atoms with Crippen molar-refractivity contribution in [2.75, 3.05) is 31.1 Å². The summed E-state index contributed by atoms with van der Waals surface area (Å²) in [5, 5.41) is 10.6. The van der Waals surface area contributed by atoms with Crippen molar-refractivity contribution in [1.29, 1.82) is 0 Å². The number of fused-ring (bicyclic) bond motifs is 1. The molecule has 1 aliphatic heterocycles. The Morgan fingerprint density at radius 3 is 2.59 bits per heavy atom. The van der Waals surface area contributed by atoms with Gasteiger partial charge in [0.2, 0.25) is 0 Å². The maximum Gasteiger partial charge on any atom is 0.147 e. The highest BCUT2D eigenvalue weighted by Crippen LogP contribution is 2.34. The lowest BCUT2D eigenvalue weighted by Gasteiger charge is -2.39. The summed E-state index contributed by atoms with van der Waals surface area (Å²) in [7, 11) is 0. The van der Waals surface area contributed by atoms with Gasteiger partial charge in [-0.2, -0.15) is 0 Å². The van der Waals surface area contributed by atoms with E-state index in [0.29, 0.717) is 0 Å². The van der Waals surface area contributed by atoms with Crippen LogP contribution in [0.2, 0.25) is 0 Å². The molecular weight excluding hydrogens is 276 g/mol. The molecule has 2 aliphatic rings. The molecule has 5 nitrogen and oxygen atoms in total. The summed E-state index contributed by atoms with van der Waals surface area (Å²) >= 11 is 0. The van der Waals surface area contributed by atoms with Gasteiger partial charge < -0.3 is 10.0 Å². The van der Waals surface area contributed by atoms with Crippen LogP contribution in [-0.4, -0.2) is 52.2 Å². The fraction of sp³-hybridized carbons (Fsp3) is 0.412. The fourth-order valence-electron chi connectivity index (χ4n) is 3.62. The topological polar surface area (TPSA) is 52.5 Å². The molecule has 2 aromatic rings. The Bertz CT molecular complexity index is 640. The molecule has 1 fully saturated rings. The second-order valence-corrected chi connectivity index (χ2v) is 6.00. The normalized spacial score (nSPS) is 25.2. The summed E-state index contributed by atoms with van der Waals surface area (Å²) in [6.07, 6.45) is 5.84. The van der Waals surface area contributed by atoms with Crippen LogP contribution >= 0.6 is 0 Å². The standard InChI is InChI=1S/C17H20N4O/c22-17-14-4-2-1-3-13(14)11-15(17)20-7-9-21(10-8-20)16-12-18-5-6-19-16/h1-6,12,15,17,22H,7-11H2. The Morgan fingerprint density at radius 2 is 1.86 bits per heavy atom. The largest absolute Gasteiger partial charge is 0.387 e. The number of aliphatic hydroxyl groups is 1. The molecule has 5 heteroatoms. The van der Waals surface area contributed by atoms with E-state index in [0.717, 1.165) is 44.0 Å². The van der Waals surface area contributed by atoms with Crippen molar-refractivity contribution >= 4 is 5.82 Å². The van der Waals surface area contributed by atoms with E-state index in [-0.39, 0.29) is 12.1 Å². The van der Waals surface area contributed by atoms with E-state index in [1.54, 1.807) is 12.4 Å². The van der Waals surface area contributed by atoms with Crippen molar-refractivity contribution < 1.29 is 5.11 Å². The second kappa shape index (κ2) is 5.66. The van der Waals surface area contributed by atoms with E-state index < -0.39 is 0 Å². The van der Waals surface area contributed by atoms with Crippen LogP contribution in [0.1, 0.15) is 17.2 Å². The van der Waals surface area contributed by atoms with E-state index in [1.807, 2.05) is 12.3 Å². The van der Waals surface area contributed by atoms with Crippen molar-refractivity contribution in [3.63, 3.8) is 0 Å². The van der Waals surface area contributed by atoms with E-state index in [4.69, 9.17) is 0 Å². The van der Waals surface area contributed by atoms with E-state index >= 15 is 0 Å². The molecule has 1 aliphatic carbocycles. The third-order valence-corrected chi connectivity index (χ3v) is 4.82. The first-order valence-corrected chi connectivity index (χ1v) is 7.84. The molecule has 2 atom stereocenters. The van der Waals surface area contributed by atoms with Gasteiger partial charge in [0.15, 0.2) is 0 Å². The Hall–Kier alpha value is -1.98. The number of aliphatic hydroxyl groups excluding tert-OH is 1. The van der Waals surface area contributed by atoms with Crippen molar-refractivity contribution in [3.05, 3.63) is 54.0 Å². The van der Waals surface area contributed by atoms with E-state index in [1.165, 1.54) is 5.56 Å². The van der Waals surface area contributed by atoms with Gasteiger partial charge in [-0.1, -0.05) is 24.3 Å². The molecule has 0 bridgehead atoms. The predicted molar refractivity (Wildman–Crippen MR) is 84.7 cm³/mol. The molecule has 1 aromatic carbocycles. The van der Waals surface area contributed by atoms with Crippen LogP contribution in [0.4, 0.5) is 5.82 Å². The number of aromatic nitrogens is 2. The Morgan fingerprint density at radius 1 is 1.05 bits per heavy atom. The van der Waals surface area contributed by atoms with Crippen molar-refractivity contribution in [3.8, 4) is 0 Å². The van der Waals surface area contributed by atoms with Gasteiger partial charge in [0.1, 0.15) is 5.82 Å². The van der Waals surface area contributed by atoms with Gasteiger partial charge in [-0.05, 0) is 17.5 Å². The highest BCUT2D eigenvalue weighted by Gasteiger charge is 2.36. The fourth-order valence-corrected chi connectivity index (χ4v) is 3.62. The van der Waals surface area contributed by atoms with Crippen molar-refractivity contribution in [2.24, 2.45) is 0 Å². The Kier molecular flexibility index (Phi) is 3.52. The quantitative estimate of drug-likeness (QED) is 0.904. The van der Waals surface area contributed by atoms with E-state index in [2.05, 4.69) is 38.0 Å². The summed E-state index contributed by atoms with van der Waals surface area (Å²) in [6, 6.07) is 8.46. The van der Waals surface area contributed by atoms with Gasteiger partial charge in [-0.25, -0.2) is 4.98 Å². The lowest BCUT2D eigenvalue weighted by Crippen LogP contribution is -2.51.